The van der Waals surface area contributed by atoms with Crippen molar-refractivity contribution in [1.29, 1.82) is 0 Å². The summed E-state index contributed by atoms with van der Waals surface area (Å²) in [6.07, 6.45) is -1.86. The Bertz CT molecular complexity index is 910. The first kappa shape index (κ1) is 24.3. The molecule has 0 spiro atoms. The first-order valence-corrected chi connectivity index (χ1v) is 10.4. The van der Waals surface area contributed by atoms with Crippen molar-refractivity contribution in [3.63, 3.8) is 0 Å². The third-order valence-electron chi connectivity index (χ3n) is 4.61. The van der Waals surface area contributed by atoms with E-state index in [0.717, 1.165) is 31.2 Å². The predicted molar refractivity (Wildman–Crippen MR) is 99.5 cm³/mol. The molecule has 1 unspecified atom stereocenters. The molecule has 170 valence electrons. The summed E-state index contributed by atoms with van der Waals surface area (Å²) >= 11 is 0. The largest absolute Gasteiger partial charge is 0.511 e. The molecule has 12 heteroatoms. The number of fused-ring (bicyclic) bond motifs is 1. The summed E-state index contributed by atoms with van der Waals surface area (Å²) in [5.74, 6) is -0.718. The lowest BCUT2D eigenvalue weighted by molar-refractivity contribution is -0.138. The van der Waals surface area contributed by atoms with Gasteiger partial charge in [-0.25, -0.2) is 8.42 Å². The molecule has 1 aromatic carbocycles. The van der Waals surface area contributed by atoms with E-state index in [4.69, 9.17) is 4.74 Å². The molecule has 0 radical (unpaired) electrons. The summed E-state index contributed by atoms with van der Waals surface area (Å²) in [5, 5.41) is 2.86. The van der Waals surface area contributed by atoms with Crippen molar-refractivity contribution in [3.8, 4) is 5.75 Å². The number of rotatable bonds is 5. The van der Waals surface area contributed by atoms with Gasteiger partial charge < -0.3 is 10.1 Å². The fraction of sp³-hybridized carbons (Fsp3) is 0.556. The van der Waals surface area contributed by atoms with E-state index in [1.807, 2.05) is 6.92 Å². The number of methoxy groups -OCH3 is 1. The number of halogens is 6. The van der Waals surface area contributed by atoms with Crippen LogP contribution in [0.3, 0.4) is 0 Å². The van der Waals surface area contributed by atoms with Crippen LogP contribution in [-0.2, 0) is 22.7 Å². The Morgan fingerprint density at radius 1 is 1.27 bits per heavy atom. The van der Waals surface area contributed by atoms with Gasteiger partial charge in [0.05, 0.1) is 18.7 Å². The van der Waals surface area contributed by atoms with E-state index in [-0.39, 0.29) is 15.6 Å². The molecule has 0 saturated heterocycles. The smallest absolute Gasteiger partial charge is 0.496 e. The second-order valence-electron chi connectivity index (χ2n) is 6.93. The monoisotopic (exact) mass is 460 g/mol. The van der Waals surface area contributed by atoms with Crippen LogP contribution < -0.4 is 10.1 Å². The minimum atomic E-state index is -5.79. The van der Waals surface area contributed by atoms with E-state index in [0.29, 0.717) is 6.42 Å². The van der Waals surface area contributed by atoms with Crippen molar-refractivity contribution in [2.45, 2.75) is 51.0 Å². The number of benzene rings is 1. The van der Waals surface area contributed by atoms with E-state index >= 15 is 0 Å². The van der Waals surface area contributed by atoms with Gasteiger partial charge in [0.25, 0.3) is 0 Å². The molecule has 2 rings (SSSR count). The summed E-state index contributed by atoms with van der Waals surface area (Å²) in [5.41, 5.74) is -6.23. The Morgan fingerprint density at radius 2 is 1.90 bits per heavy atom. The molecule has 1 N–H and O–H groups in total. The zero-order chi connectivity index (χ0) is 22.9. The molecular weight excluding hydrogens is 438 g/mol. The Balaban J connectivity index is 2.67. The van der Waals surface area contributed by atoms with Crippen LogP contribution in [0.2, 0.25) is 0 Å². The van der Waals surface area contributed by atoms with Gasteiger partial charge in [0.15, 0.2) is 0 Å². The van der Waals surface area contributed by atoms with Crippen LogP contribution in [0.5, 0.6) is 5.75 Å². The maximum absolute atomic E-state index is 13.3. The highest BCUT2D eigenvalue weighted by Crippen LogP contribution is 2.43. The summed E-state index contributed by atoms with van der Waals surface area (Å²) in [4.78, 5) is 0. The van der Waals surface area contributed by atoms with Gasteiger partial charge in [-0.1, -0.05) is 25.0 Å². The highest BCUT2D eigenvalue weighted by molar-refractivity contribution is 7.89. The standard InChI is InChI=1S/C18H22F6N2O3S/c1-4-5-11(2)8-12-9-26(30(27,28)18(22,23)24)10-13-15(25-12)7-6-14(16(13)29-3)17(19,20)21/h6-8,12,25H,4-5,9-10H2,1-3H3/b11-8+. The number of nitrogens with one attached hydrogen (secondary N) is 1. The third kappa shape index (κ3) is 5.02. The predicted octanol–water partition coefficient (Wildman–Crippen LogP) is 4.91. The van der Waals surface area contributed by atoms with Gasteiger partial charge in [0.1, 0.15) is 5.75 Å². The number of anilines is 1. The second kappa shape index (κ2) is 8.66. The summed E-state index contributed by atoms with van der Waals surface area (Å²) < 4.78 is 109. The number of alkyl halides is 6. The number of hydrogen-bond acceptors (Lipinski definition) is 4. The fourth-order valence-electron chi connectivity index (χ4n) is 3.33. The molecule has 1 aromatic rings. The first-order chi connectivity index (χ1) is 13.7. The number of nitrogens with zero attached hydrogens (tertiary/aromatic N) is 1. The van der Waals surface area contributed by atoms with Crippen LogP contribution >= 0.6 is 0 Å². The van der Waals surface area contributed by atoms with Crippen molar-refractivity contribution in [3.05, 3.63) is 34.9 Å². The second-order valence-corrected chi connectivity index (χ2v) is 8.86. The molecule has 0 saturated carbocycles. The highest BCUT2D eigenvalue weighted by Gasteiger charge is 2.51. The minimum absolute atomic E-state index is 0.0743. The minimum Gasteiger partial charge on any atom is -0.496 e. The van der Waals surface area contributed by atoms with E-state index < -0.39 is 52.2 Å². The Labute approximate surface area is 170 Å². The van der Waals surface area contributed by atoms with Crippen LogP contribution in [0.15, 0.2) is 23.8 Å². The summed E-state index contributed by atoms with van der Waals surface area (Å²) in [6, 6.07) is 0.940. The van der Waals surface area contributed by atoms with Gasteiger partial charge in [-0.3, -0.25) is 0 Å². The Morgan fingerprint density at radius 3 is 2.40 bits per heavy atom. The molecule has 1 aliphatic rings. The molecule has 1 atom stereocenters. The summed E-state index contributed by atoms with van der Waals surface area (Å²) in [6.45, 7) is 2.11. The lowest BCUT2D eigenvalue weighted by Gasteiger charge is -2.24. The molecule has 0 amide bonds. The topological polar surface area (TPSA) is 58.6 Å². The molecule has 1 heterocycles. The third-order valence-corrected chi connectivity index (χ3v) is 6.15. The van der Waals surface area contributed by atoms with Gasteiger partial charge in [-0.2, -0.15) is 30.6 Å². The average Bonchev–Trinajstić information content (AvgIpc) is 2.78. The quantitative estimate of drug-likeness (QED) is 0.501. The van der Waals surface area contributed by atoms with Crippen LogP contribution in [0.4, 0.5) is 32.0 Å². The maximum Gasteiger partial charge on any atom is 0.511 e. The molecule has 0 fully saturated rings. The number of allylic oxidation sites excluding steroid dienone is 1. The normalized spacial score (nSPS) is 19.1. The van der Waals surface area contributed by atoms with Gasteiger partial charge in [-0.05, 0) is 25.5 Å². The van der Waals surface area contributed by atoms with E-state index in [2.05, 4.69) is 5.32 Å². The zero-order valence-electron chi connectivity index (χ0n) is 16.5. The lowest BCUT2D eigenvalue weighted by Crippen LogP contribution is -2.43. The van der Waals surface area contributed by atoms with Gasteiger partial charge in [-0.15, -0.1) is 0 Å². The van der Waals surface area contributed by atoms with Crippen molar-refractivity contribution >= 4 is 15.7 Å². The number of hydrogen-bond donors (Lipinski definition) is 1. The van der Waals surface area contributed by atoms with Crippen molar-refractivity contribution in [1.82, 2.24) is 4.31 Å². The average molecular weight is 460 g/mol. The van der Waals surface area contributed by atoms with Gasteiger partial charge in [0, 0.05) is 24.3 Å². The number of ether oxygens (including phenoxy) is 1. The highest BCUT2D eigenvalue weighted by atomic mass is 32.2. The van der Waals surface area contributed by atoms with Crippen molar-refractivity contribution in [2.24, 2.45) is 0 Å². The van der Waals surface area contributed by atoms with Crippen molar-refractivity contribution < 1.29 is 39.5 Å². The van der Waals surface area contributed by atoms with Crippen LogP contribution in [0.25, 0.3) is 0 Å². The first-order valence-electron chi connectivity index (χ1n) is 8.99. The van der Waals surface area contributed by atoms with Crippen LogP contribution in [-0.4, -0.2) is 37.9 Å². The lowest BCUT2D eigenvalue weighted by atomic mass is 10.1. The molecular formula is C18H22F6N2O3S. The van der Waals surface area contributed by atoms with Gasteiger partial charge >= 0.3 is 21.7 Å². The van der Waals surface area contributed by atoms with E-state index in [1.54, 1.807) is 13.0 Å². The van der Waals surface area contributed by atoms with Gasteiger partial charge in [0.2, 0.25) is 0 Å². The summed E-state index contributed by atoms with van der Waals surface area (Å²) in [7, 11) is -4.85. The molecule has 5 nitrogen and oxygen atoms in total. The molecule has 0 aromatic heterocycles. The Kier molecular flexibility index (Phi) is 7.02. The van der Waals surface area contributed by atoms with Crippen LogP contribution in [0, 0.1) is 0 Å². The van der Waals surface area contributed by atoms with Crippen LogP contribution in [0.1, 0.15) is 37.8 Å². The Hall–Kier alpha value is -1.95. The SMILES string of the molecule is CCC/C(C)=C/C1CN(S(=O)(=O)C(F)(F)F)Cc2c(ccc(C(F)(F)F)c2OC)N1. The number of sulfonamides is 1. The van der Waals surface area contributed by atoms with E-state index in [9.17, 15) is 34.8 Å². The van der Waals surface area contributed by atoms with Crippen molar-refractivity contribution in [2.75, 3.05) is 19.0 Å². The maximum atomic E-state index is 13.3. The van der Waals surface area contributed by atoms with E-state index in [1.165, 1.54) is 0 Å². The molecule has 0 bridgehead atoms. The molecule has 1 aliphatic heterocycles. The zero-order valence-corrected chi connectivity index (χ0v) is 17.3. The molecule has 0 aliphatic carbocycles. The molecule has 30 heavy (non-hydrogen) atoms. The fourth-order valence-corrected chi connectivity index (χ4v) is 4.28.